The van der Waals surface area contributed by atoms with Crippen LogP contribution in [0.5, 0.6) is 23.0 Å². The van der Waals surface area contributed by atoms with Crippen LogP contribution in [0.15, 0.2) is 42.5 Å². The first-order valence-corrected chi connectivity index (χ1v) is 7.65. The Labute approximate surface area is 151 Å². The third-order valence-electron chi connectivity index (χ3n) is 3.40. The maximum atomic E-state index is 12.2. The largest absolute Gasteiger partial charge is 0.497 e. The van der Waals surface area contributed by atoms with Crippen molar-refractivity contribution < 1.29 is 28.5 Å². The topological polar surface area (TPSA) is 95.1 Å². The maximum absolute atomic E-state index is 12.2. The number of benzene rings is 2. The van der Waals surface area contributed by atoms with Crippen LogP contribution >= 0.6 is 0 Å². The van der Waals surface area contributed by atoms with Crippen LogP contribution in [0.1, 0.15) is 10.4 Å². The molecule has 0 saturated heterocycles. The summed E-state index contributed by atoms with van der Waals surface area (Å²) in [5.41, 5.74) is 4.84. The molecule has 0 spiro atoms. The summed E-state index contributed by atoms with van der Waals surface area (Å²) >= 11 is 0. The predicted molar refractivity (Wildman–Crippen MR) is 93.6 cm³/mol. The smallest absolute Gasteiger partial charge is 0.276 e. The van der Waals surface area contributed by atoms with Crippen LogP contribution in [0.4, 0.5) is 0 Å². The summed E-state index contributed by atoms with van der Waals surface area (Å²) in [5.74, 6) is 1.02. The van der Waals surface area contributed by atoms with Crippen molar-refractivity contribution in [3.05, 3.63) is 48.0 Å². The molecule has 8 nitrogen and oxygen atoms in total. The molecule has 2 amide bonds. The highest BCUT2D eigenvalue weighted by atomic mass is 16.5. The van der Waals surface area contributed by atoms with Crippen molar-refractivity contribution in [2.45, 2.75) is 0 Å². The molecule has 0 fully saturated rings. The molecule has 8 heteroatoms. The number of rotatable bonds is 7. The number of methoxy groups -OCH3 is 3. The average Bonchev–Trinajstić information content (AvgIpc) is 2.70. The van der Waals surface area contributed by atoms with Gasteiger partial charge in [-0.15, -0.1) is 0 Å². The number of carbonyl (C=O) groups excluding carboxylic acids is 2. The molecule has 0 atom stereocenters. The van der Waals surface area contributed by atoms with Gasteiger partial charge in [0.15, 0.2) is 6.61 Å². The van der Waals surface area contributed by atoms with E-state index in [-0.39, 0.29) is 12.2 Å². The van der Waals surface area contributed by atoms with Gasteiger partial charge in [-0.2, -0.15) is 0 Å². The van der Waals surface area contributed by atoms with E-state index in [0.717, 1.165) is 0 Å². The lowest BCUT2D eigenvalue weighted by molar-refractivity contribution is -0.123. The number of hydrogen-bond acceptors (Lipinski definition) is 6. The predicted octanol–water partition coefficient (Wildman–Crippen LogP) is 1.55. The van der Waals surface area contributed by atoms with E-state index in [1.54, 1.807) is 43.5 Å². The fraction of sp³-hybridized carbons (Fsp3) is 0.222. The Hall–Kier alpha value is -3.42. The zero-order chi connectivity index (χ0) is 18.9. The summed E-state index contributed by atoms with van der Waals surface area (Å²) in [7, 11) is 4.51. The fourth-order valence-corrected chi connectivity index (χ4v) is 2.04. The highest BCUT2D eigenvalue weighted by molar-refractivity contribution is 5.98. The summed E-state index contributed by atoms with van der Waals surface area (Å²) in [6.45, 7) is -0.258. The Balaban J connectivity index is 1.85. The lowest BCUT2D eigenvalue weighted by atomic mass is 10.2. The second-order valence-corrected chi connectivity index (χ2v) is 5.03. The Morgan fingerprint density at radius 2 is 1.42 bits per heavy atom. The van der Waals surface area contributed by atoms with Gasteiger partial charge in [0.05, 0.1) is 26.9 Å². The van der Waals surface area contributed by atoms with E-state index in [4.69, 9.17) is 18.9 Å². The summed E-state index contributed by atoms with van der Waals surface area (Å²) in [4.78, 5) is 24.0. The first-order valence-electron chi connectivity index (χ1n) is 7.65. The van der Waals surface area contributed by atoms with Crippen molar-refractivity contribution in [2.24, 2.45) is 0 Å². The lowest BCUT2D eigenvalue weighted by Gasteiger charge is -2.12. The molecule has 0 aliphatic carbocycles. The molecule has 0 heterocycles. The Morgan fingerprint density at radius 3 is 2.04 bits per heavy atom. The van der Waals surface area contributed by atoms with E-state index >= 15 is 0 Å². The van der Waals surface area contributed by atoms with Gasteiger partial charge in [0, 0.05) is 6.07 Å². The minimum Gasteiger partial charge on any atom is -0.497 e. The quantitative estimate of drug-likeness (QED) is 0.728. The zero-order valence-electron chi connectivity index (χ0n) is 14.7. The SMILES string of the molecule is COc1ccc(OCC(=O)NNC(=O)c2ccc(OC)cc2OC)cc1. The van der Waals surface area contributed by atoms with Crippen molar-refractivity contribution in [1.29, 1.82) is 0 Å². The monoisotopic (exact) mass is 360 g/mol. The molecule has 0 unspecified atom stereocenters. The number of carbonyl (C=O) groups is 2. The van der Waals surface area contributed by atoms with Crippen molar-refractivity contribution >= 4 is 11.8 Å². The lowest BCUT2D eigenvalue weighted by Crippen LogP contribution is -2.43. The van der Waals surface area contributed by atoms with Crippen LogP contribution in [0.3, 0.4) is 0 Å². The van der Waals surface area contributed by atoms with Crippen LogP contribution < -0.4 is 29.8 Å². The summed E-state index contributed by atoms with van der Waals surface area (Å²) in [6, 6.07) is 11.5. The summed E-state index contributed by atoms with van der Waals surface area (Å²) in [6.07, 6.45) is 0. The number of hydrazine groups is 1. The van der Waals surface area contributed by atoms with E-state index in [1.807, 2.05) is 0 Å². The number of hydrogen-bond donors (Lipinski definition) is 2. The van der Waals surface area contributed by atoms with Gasteiger partial charge in [0.1, 0.15) is 23.0 Å². The third kappa shape index (κ3) is 5.04. The Kier molecular flexibility index (Phi) is 6.67. The van der Waals surface area contributed by atoms with Gasteiger partial charge in [-0.1, -0.05) is 0 Å². The van der Waals surface area contributed by atoms with Gasteiger partial charge in [0.2, 0.25) is 0 Å². The average molecular weight is 360 g/mol. The zero-order valence-corrected chi connectivity index (χ0v) is 14.7. The molecule has 2 aromatic rings. The van der Waals surface area contributed by atoms with Crippen LogP contribution in [-0.2, 0) is 4.79 Å². The minimum atomic E-state index is -0.526. The highest BCUT2D eigenvalue weighted by Gasteiger charge is 2.14. The third-order valence-corrected chi connectivity index (χ3v) is 3.40. The molecule has 2 aromatic carbocycles. The summed E-state index contributed by atoms with van der Waals surface area (Å²) in [5, 5.41) is 0. The normalized spacial score (nSPS) is 9.81. The molecule has 2 N–H and O–H groups in total. The number of ether oxygens (including phenoxy) is 4. The van der Waals surface area contributed by atoms with Crippen molar-refractivity contribution in [2.75, 3.05) is 27.9 Å². The number of amides is 2. The Morgan fingerprint density at radius 1 is 0.808 bits per heavy atom. The van der Waals surface area contributed by atoms with Gasteiger partial charge >= 0.3 is 0 Å². The van der Waals surface area contributed by atoms with E-state index < -0.39 is 11.8 Å². The van der Waals surface area contributed by atoms with Gasteiger partial charge in [0.25, 0.3) is 11.8 Å². The molecule has 138 valence electrons. The van der Waals surface area contributed by atoms with Gasteiger partial charge in [-0.05, 0) is 36.4 Å². The van der Waals surface area contributed by atoms with Crippen molar-refractivity contribution in [1.82, 2.24) is 10.9 Å². The molecule has 0 aromatic heterocycles. The highest BCUT2D eigenvalue weighted by Crippen LogP contribution is 2.24. The van der Waals surface area contributed by atoms with Gasteiger partial charge in [-0.25, -0.2) is 0 Å². The molecule has 0 aliphatic rings. The second kappa shape index (κ2) is 9.16. The minimum absolute atomic E-state index is 0.254. The van der Waals surface area contributed by atoms with E-state index in [1.165, 1.54) is 20.3 Å². The second-order valence-electron chi connectivity index (χ2n) is 5.03. The molecule has 2 rings (SSSR count). The van der Waals surface area contributed by atoms with Gasteiger partial charge in [-0.3, -0.25) is 20.4 Å². The van der Waals surface area contributed by atoms with E-state index in [9.17, 15) is 9.59 Å². The molecule has 0 radical (unpaired) electrons. The van der Waals surface area contributed by atoms with Crippen LogP contribution in [0.25, 0.3) is 0 Å². The molecule has 0 saturated carbocycles. The van der Waals surface area contributed by atoms with Crippen LogP contribution in [0.2, 0.25) is 0 Å². The molecule has 0 aliphatic heterocycles. The van der Waals surface area contributed by atoms with Crippen molar-refractivity contribution in [3.63, 3.8) is 0 Å². The van der Waals surface area contributed by atoms with Crippen LogP contribution in [0, 0.1) is 0 Å². The fourth-order valence-electron chi connectivity index (χ4n) is 2.04. The van der Waals surface area contributed by atoms with Gasteiger partial charge < -0.3 is 18.9 Å². The molecule has 0 bridgehead atoms. The molecular formula is C18H20N2O6. The first-order chi connectivity index (χ1) is 12.6. The molecular weight excluding hydrogens is 340 g/mol. The van der Waals surface area contributed by atoms with Crippen molar-refractivity contribution in [3.8, 4) is 23.0 Å². The summed E-state index contributed by atoms with van der Waals surface area (Å²) < 4.78 is 20.6. The number of nitrogens with one attached hydrogen (secondary N) is 2. The molecule has 26 heavy (non-hydrogen) atoms. The first kappa shape index (κ1) is 18.9. The van der Waals surface area contributed by atoms with E-state index in [0.29, 0.717) is 23.0 Å². The standard InChI is InChI=1S/C18H20N2O6/c1-23-12-4-6-13(7-5-12)26-11-17(21)19-20-18(22)15-9-8-14(24-2)10-16(15)25-3/h4-10H,11H2,1-3H3,(H,19,21)(H,20,22). The van der Waals surface area contributed by atoms with Crippen LogP contribution in [-0.4, -0.2) is 39.8 Å². The van der Waals surface area contributed by atoms with E-state index in [2.05, 4.69) is 10.9 Å². The Bertz CT molecular complexity index is 761. The maximum Gasteiger partial charge on any atom is 0.276 e.